The van der Waals surface area contributed by atoms with Gasteiger partial charge in [0.15, 0.2) is 0 Å². The SMILES string of the molecule is N=C(c1ccc(CCc2ccccc2C(=O)Nc2ccc(Cl)cn2)cc1)N1CCCC1. The fourth-order valence-corrected chi connectivity index (χ4v) is 3.94. The molecule has 1 aliphatic heterocycles. The summed E-state index contributed by atoms with van der Waals surface area (Å²) in [5, 5.41) is 11.7. The van der Waals surface area contributed by atoms with E-state index >= 15 is 0 Å². The maximum Gasteiger partial charge on any atom is 0.257 e. The number of nitrogens with zero attached hydrogens (tertiary/aromatic N) is 2. The molecule has 0 spiro atoms. The van der Waals surface area contributed by atoms with Crippen LogP contribution in [-0.4, -0.2) is 34.7 Å². The normalized spacial score (nSPS) is 13.3. The van der Waals surface area contributed by atoms with E-state index in [9.17, 15) is 4.79 Å². The Morgan fingerprint density at radius 3 is 2.45 bits per heavy atom. The summed E-state index contributed by atoms with van der Waals surface area (Å²) in [5.41, 5.74) is 3.78. The molecule has 2 aromatic carbocycles. The number of hydrogen-bond donors (Lipinski definition) is 2. The van der Waals surface area contributed by atoms with Gasteiger partial charge in [-0.3, -0.25) is 10.2 Å². The second-order valence-corrected chi connectivity index (χ2v) is 8.15. The summed E-state index contributed by atoms with van der Waals surface area (Å²) in [6.45, 7) is 1.95. The van der Waals surface area contributed by atoms with Gasteiger partial charge in [0.1, 0.15) is 11.7 Å². The largest absolute Gasteiger partial charge is 0.357 e. The number of pyridine rings is 1. The van der Waals surface area contributed by atoms with E-state index in [1.165, 1.54) is 24.6 Å². The maximum atomic E-state index is 12.8. The van der Waals surface area contributed by atoms with Gasteiger partial charge >= 0.3 is 0 Å². The predicted octanol–water partition coefficient (Wildman–Crippen LogP) is 5.19. The van der Waals surface area contributed by atoms with E-state index in [1.54, 1.807) is 12.1 Å². The van der Waals surface area contributed by atoms with Crippen molar-refractivity contribution in [3.05, 3.63) is 94.1 Å². The minimum atomic E-state index is -0.181. The van der Waals surface area contributed by atoms with E-state index in [4.69, 9.17) is 17.0 Å². The summed E-state index contributed by atoms with van der Waals surface area (Å²) in [6, 6.07) is 19.2. The molecular weight excluding hydrogens is 408 g/mol. The van der Waals surface area contributed by atoms with Gasteiger partial charge in [-0.15, -0.1) is 0 Å². The smallest absolute Gasteiger partial charge is 0.257 e. The molecule has 0 saturated carbocycles. The first-order valence-corrected chi connectivity index (χ1v) is 10.9. The third-order valence-electron chi connectivity index (χ3n) is 5.56. The molecule has 2 heterocycles. The Labute approximate surface area is 187 Å². The van der Waals surface area contributed by atoms with Crippen LogP contribution in [0.3, 0.4) is 0 Å². The molecular formula is C25H25ClN4O. The molecule has 3 aromatic rings. The molecule has 5 nitrogen and oxygen atoms in total. The van der Waals surface area contributed by atoms with Gasteiger partial charge in [-0.05, 0) is 55.0 Å². The summed E-state index contributed by atoms with van der Waals surface area (Å²) in [6.07, 6.45) is 5.42. The number of amidine groups is 1. The van der Waals surface area contributed by atoms with E-state index < -0.39 is 0 Å². The van der Waals surface area contributed by atoms with Gasteiger partial charge in [0.05, 0.1) is 5.02 Å². The summed E-state index contributed by atoms with van der Waals surface area (Å²) < 4.78 is 0. The summed E-state index contributed by atoms with van der Waals surface area (Å²) >= 11 is 5.86. The van der Waals surface area contributed by atoms with Crippen molar-refractivity contribution in [3.63, 3.8) is 0 Å². The molecule has 6 heteroatoms. The summed E-state index contributed by atoms with van der Waals surface area (Å²) in [4.78, 5) is 19.0. The average Bonchev–Trinajstić information content (AvgIpc) is 3.34. The third kappa shape index (κ3) is 5.30. The minimum Gasteiger partial charge on any atom is -0.357 e. The Bertz CT molecular complexity index is 1060. The van der Waals surface area contributed by atoms with Crippen molar-refractivity contribution in [3.8, 4) is 0 Å². The van der Waals surface area contributed by atoms with Gasteiger partial charge in [-0.25, -0.2) is 4.98 Å². The molecule has 31 heavy (non-hydrogen) atoms. The van der Waals surface area contributed by atoms with Crippen LogP contribution in [0, 0.1) is 5.41 Å². The van der Waals surface area contributed by atoms with E-state index in [0.29, 0.717) is 22.2 Å². The highest BCUT2D eigenvalue weighted by atomic mass is 35.5. The fourth-order valence-electron chi connectivity index (χ4n) is 3.82. The number of carbonyl (C=O) groups is 1. The number of nitrogens with one attached hydrogen (secondary N) is 2. The van der Waals surface area contributed by atoms with Gasteiger partial charge in [0, 0.05) is 30.4 Å². The van der Waals surface area contributed by atoms with Crippen LogP contribution in [0.15, 0.2) is 66.9 Å². The lowest BCUT2D eigenvalue weighted by molar-refractivity contribution is 0.102. The van der Waals surface area contributed by atoms with Crippen molar-refractivity contribution in [1.29, 1.82) is 5.41 Å². The second kappa shape index (κ2) is 9.75. The zero-order chi connectivity index (χ0) is 21.6. The zero-order valence-corrected chi connectivity index (χ0v) is 18.0. The van der Waals surface area contributed by atoms with Crippen LogP contribution in [0.2, 0.25) is 5.02 Å². The first-order chi connectivity index (χ1) is 15.1. The van der Waals surface area contributed by atoms with Crippen LogP contribution < -0.4 is 5.32 Å². The maximum absolute atomic E-state index is 12.8. The third-order valence-corrected chi connectivity index (χ3v) is 5.79. The number of aryl methyl sites for hydroxylation is 2. The Morgan fingerprint density at radius 2 is 1.74 bits per heavy atom. The Morgan fingerprint density at radius 1 is 1.00 bits per heavy atom. The van der Waals surface area contributed by atoms with Crippen molar-refractivity contribution < 1.29 is 4.79 Å². The van der Waals surface area contributed by atoms with E-state index in [0.717, 1.165) is 37.1 Å². The Hall–Kier alpha value is -3.18. The first kappa shape index (κ1) is 21.1. The quantitative estimate of drug-likeness (QED) is 0.415. The van der Waals surface area contributed by atoms with Crippen molar-refractivity contribution in [2.75, 3.05) is 18.4 Å². The van der Waals surface area contributed by atoms with Crippen LogP contribution in [0.1, 0.15) is 39.9 Å². The number of halogens is 1. The zero-order valence-electron chi connectivity index (χ0n) is 17.3. The van der Waals surface area contributed by atoms with E-state index in [1.807, 2.05) is 36.4 Å². The number of rotatable bonds is 6. The van der Waals surface area contributed by atoms with E-state index in [2.05, 4.69) is 27.3 Å². The molecule has 4 rings (SSSR count). The Balaban J connectivity index is 1.40. The highest BCUT2D eigenvalue weighted by Crippen LogP contribution is 2.17. The van der Waals surface area contributed by atoms with Gasteiger partial charge < -0.3 is 10.2 Å². The molecule has 158 valence electrons. The summed E-state index contributed by atoms with van der Waals surface area (Å²) in [7, 11) is 0. The van der Waals surface area contributed by atoms with Crippen molar-refractivity contribution in [2.24, 2.45) is 0 Å². The molecule has 1 aromatic heterocycles. The molecule has 0 unspecified atom stereocenters. The number of aromatic nitrogens is 1. The number of anilines is 1. The molecule has 0 aliphatic carbocycles. The summed E-state index contributed by atoms with van der Waals surface area (Å²) in [5.74, 6) is 0.905. The highest BCUT2D eigenvalue weighted by molar-refractivity contribution is 6.30. The van der Waals surface area contributed by atoms with Gasteiger partial charge in [-0.1, -0.05) is 54.1 Å². The molecule has 1 saturated heterocycles. The number of hydrogen-bond acceptors (Lipinski definition) is 3. The molecule has 0 radical (unpaired) electrons. The topological polar surface area (TPSA) is 69.1 Å². The lowest BCUT2D eigenvalue weighted by Gasteiger charge is -2.18. The molecule has 1 aliphatic rings. The highest BCUT2D eigenvalue weighted by Gasteiger charge is 2.16. The number of amides is 1. The van der Waals surface area contributed by atoms with Crippen molar-refractivity contribution in [1.82, 2.24) is 9.88 Å². The molecule has 0 bridgehead atoms. The monoisotopic (exact) mass is 432 g/mol. The minimum absolute atomic E-state index is 0.181. The fraction of sp³-hybridized carbons (Fsp3) is 0.240. The number of carbonyl (C=O) groups excluding carboxylic acids is 1. The molecule has 1 amide bonds. The number of benzene rings is 2. The van der Waals surface area contributed by atoms with Crippen LogP contribution >= 0.6 is 11.6 Å². The predicted molar refractivity (Wildman–Crippen MR) is 125 cm³/mol. The second-order valence-electron chi connectivity index (χ2n) is 7.71. The standard InChI is InChI=1S/C25H25ClN4O/c26-21-13-14-23(28-17-21)29-25(31)22-6-2-1-5-19(22)10-7-18-8-11-20(12-9-18)24(27)30-15-3-4-16-30/h1-2,5-6,8-9,11-14,17,27H,3-4,7,10,15-16H2,(H,28,29,31). The molecule has 0 atom stereocenters. The Kier molecular flexibility index (Phi) is 6.63. The lowest BCUT2D eigenvalue weighted by Crippen LogP contribution is -2.27. The van der Waals surface area contributed by atoms with Crippen LogP contribution in [0.5, 0.6) is 0 Å². The van der Waals surface area contributed by atoms with Crippen molar-refractivity contribution in [2.45, 2.75) is 25.7 Å². The van der Waals surface area contributed by atoms with Crippen LogP contribution in [0.4, 0.5) is 5.82 Å². The first-order valence-electron chi connectivity index (χ1n) is 10.5. The molecule has 1 fully saturated rings. The number of likely N-dealkylation sites (tertiary alicyclic amines) is 1. The van der Waals surface area contributed by atoms with E-state index in [-0.39, 0.29) is 5.91 Å². The van der Waals surface area contributed by atoms with Crippen molar-refractivity contribution >= 4 is 29.2 Å². The average molecular weight is 433 g/mol. The van der Waals surface area contributed by atoms with Gasteiger partial charge in [0.2, 0.25) is 0 Å². The van der Waals surface area contributed by atoms with Gasteiger partial charge in [-0.2, -0.15) is 0 Å². The van der Waals surface area contributed by atoms with Crippen LogP contribution in [0.25, 0.3) is 0 Å². The molecule has 2 N–H and O–H groups in total. The lowest BCUT2D eigenvalue weighted by atomic mass is 9.98. The van der Waals surface area contributed by atoms with Crippen LogP contribution in [-0.2, 0) is 12.8 Å². The van der Waals surface area contributed by atoms with Gasteiger partial charge in [0.25, 0.3) is 5.91 Å².